The highest BCUT2D eigenvalue weighted by atomic mass is 19.3. The van der Waals surface area contributed by atoms with Crippen molar-refractivity contribution in [3.8, 4) is 0 Å². The van der Waals surface area contributed by atoms with E-state index in [1.807, 2.05) is 0 Å². The first-order valence-corrected chi connectivity index (χ1v) is 3.51. The monoisotopic (exact) mass is 173 g/mol. The van der Waals surface area contributed by atoms with Crippen molar-refractivity contribution in [3.05, 3.63) is 24.3 Å². The molecule has 0 atom stereocenters. The Balaban J connectivity index is 2.82. The van der Waals surface area contributed by atoms with E-state index in [0.717, 1.165) is 6.20 Å². The maximum absolute atomic E-state index is 13.0. The number of nitrogens with two attached hydrogens (primary N) is 1. The highest BCUT2D eigenvalue weighted by Crippen LogP contribution is 2.28. The number of halogens is 2. The molecular weight excluding hydrogens is 164 g/mol. The molecule has 0 saturated heterocycles. The van der Waals surface area contributed by atoms with Crippen molar-refractivity contribution in [3.63, 3.8) is 0 Å². The second kappa shape index (κ2) is 3.53. The summed E-state index contributed by atoms with van der Waals surface area (Å²) in [6.45, 7) is -0.0659. The number of hydrogen-bond acceptors (Lipinski definition) is 3. The van der Waals surface area contributed by atoms with E-state index in [9.17, 15) is 8.78 Å². The summed E-state index contributed by atoms with van der Waals surface area (Å²) in [5, 5.41) is 0. The van der Waals surface area contributed by atoms with Gasteiger partial charge in [0.2, 0.25) is 0 Å². The van der Waals surface area contributed by atoms with E-state index in [1.165, 1.54) is 12.4 Å². The molecular formula is C7H9F2N3. The molecule has 0 aliphatic heterocycles. The normalized spacial score (nSPS) is 11.6. The summed E-state index contributed by atoms with van der Waals surface area (Å²) in [7, 11) is 0. The lowest BCUT2D eigenvalue weighted by Gasteiger charge is -2.12. The molecule has 0 fully saturated rings. The SMILES string of the molecule is NCCC(F)(F)c1cnccn1. The third-order valence-corrected chi connectivity index (χ3v) is 1.40. The topological polar surface area (TPSA) is 51.8 Å². The first-order chi connectivity index (χ1) is 5.67. The number of aromatic nitrogens is 2. The van der Waals surface area contributed by atoms with Crippen LogP contribution >= 0.6 is 0 Å². The van der Waals surface area contributed by atoms with Crippen LogP contribution in [-0.4, -0.2) is 16.5 Å². The molecule has 0 aliphatic carbocycles. The largest absolute Gasteiger partial charge is 0.330 e. The van der Waals surface area contributed by atoms with Gasteiger partial charge in [-0.2, -0.15) is 8.78 Å². The Bertz CT molecular complexity index is 238. The van der Waals surface area contributed by atoms with Crippen molar-refractivity contribution in [1.29, 1.82) is 0 Å². The Kier molecular flexibility index (Phi) is 2.65. The van der Waals surface area contributed by atoms with Crippen LogP contribution in [0.3, 0.4) is 0 Å². The molecule has 0 amide bonds. The van der Waals surface area contributed by atoms with E-state index < -0.39 is 12.3 Å². The van der Waals surface area contributed by atoms with Crippen molar-refractivity contribution in [1.82, 2.24) is 9.97 Å². The number of nitrogens with zero attached hydrogens (tertiary/aromatic N) is 2. The average molecular weight is 173 g/mol. The molecule has 5 heteroatoms. The lowest BCUT2D eigenvalue weighted by molar-refractivity contribution is -0.0155. The van der Waals surface area contributed by atoms with Gasteiger partial charge in [-0.25, -0.2) is 0 Å². The second-order valence-electron chi connectivity index (χ2n) is 2.33. The van der Waals surface area contributed by atoms with Gasteiger partial charge in [0.25, 0.3) is 5.92 Å². The minimum absolute atomic E-state index is 0.0659. The van der Waals surface area contributed by atoms with E-state index in [-0.39, 0.29) is 12.2 Å². The third-order valence-electron chi connectivity index (χ3n) is 1.40. The second-order valence-corrected chi connectivity index (χ2v) is 2.33. The van der Waals surface area contributed by atoms with Crippen LogP contribution in [0.15, 0.2) is 18.6 Å². The fourth-order valence-electron chi connectivity index (χ4n) is 0.797. The van der Waals surface area contributed by atoms with Crippen molar-refractivity contribution >= 4 is 0 Å². The van der Waals surface area contributed by atoms with Gasteiger partial charge in [-0.1, -0.05) is 0 Å². The molecule has 1 heterocycles. The predicted molar refractivity (Wildman–Crippen MR) is 39.6 cm³/mol. The summed E-state index contributed by atoms with van der Waals surface area (Å²) in [4.78, 5) is 7.05. The summed E-state index contributed by atoms with van der Waals surface area (Å²) in [6.07, 6.45) is 3.24. The van der Waals surface area contributed by atoms with Crippen LogP contribution in [-0.2, 0) is 5.92 Å². The molecule has 3 nitrogen and oxygen atoms in total. The van der Waals surface area contributed by atoms with Crippen molar-refractivity contribution in [2.45, 2.75) is 12.3 Å². The zero-order chi connectivity index (χ0) is 9.03. The van der Waals surface area contributed by atoms with Gasteiger partial charge < -0.3 is 5.73 Å². The molecule has 0 spiro atoms. The third kappa shape index (κ3) is 1.94. The van der Waals surface area contributed by atoms with Gasteiger partial charge in [-0.15, -0.1) is 0 Å². The summed E-state index contributed by atoms with van der Waals surface area (Å²) in [6, 6.07) is 0. The molecule has 0 aliphatic rings. The molecule has 1 rings (SSSR count). The van der Waals surface area contributed by atoms with Gasteiger partial charge >= 0.3 is 0 Å². The van der Waals surface area contributed by atoms with Gasteiger partial charge in [0.15, 0.2) is 0 Å². The summed E-state index contributed by atoms with van der Waals surface area (Å²) >= 11 is 0. The van der Waals surface area contributed by atoms with Crippen LogP contribution in [0.5, 0.6) is 0 Å². The van der Waals surface area contributed by atoms with Crippen molar-refractivity contribution in [2.75, 3.05) is 6.54 Å². The van der Waals surface area contributed by atoms with Crippen LogP contribution in [0, 0.1) is 0 Å². The molecule has 0 unspecified atom stereocenters. The Labute approximate surface area is 68.6 Å². The fourth-order valence-corrected chi connectivity index (χ4v) is 0.797. The van der Waals surface area contributed by atoms with E-state index >= 15 is 0 Å². The molecule has 0 bridgehead atoms. The molecule has 2 N–H and O–H groups in total. The van der Waals surface area contributed by atoms with Crippen molar-refractivity contribution in [2.24, 2.45) is 5.73 Å². The highest BCUT2D eigenvalue weighted by molar-refractivity contribution is 5.03. The lowest BCUT2D eigenvalue weighted by atomic mass is 10.2. The van der Waals surface area contributed by atoms with Gasteiger partial charge in [0, 0.05) is 18.8 Å². The smallest absolute Gasteiger partial charge is 0.292 e. The van der Waals surface area contributed by atoms with Crippen LogP contribution in [0.1, 0.15) is 12.1 Å². The van der Waals surface area contributed by atoms with E-state index in [4.69, 9.17) is 5.73 Å². The minimum Gasteiger partial charge on any atom is -0.330 e. The van der Waals surface area contributed by atoms with Crippen molar-refractivity contribution < 1.29 is 8.78 Å². The molecule has 1 aromatic rings. The summed E-state index contributed by atoms with van der Waals surface area (Å²) < 4.78 is 25.9. The Morgan fingerprint density at radius 3 is 2.67 bits per heavy atom. The van der Waals surface area contributed by atoms with Crippen LogP contribution in [0.2, 0.25) is 0 Å². The summed E-state index contributed by atoms with van der Waals surface area (Å²) in [5.74, 6) is -2.96. The van der Waals surface area contributed by atoms with Gasteiger partial charge in [-0.05, 0) is 6.54 Å². The molecule has 66 valence electrons. The molecule has 0 aromatic carbocycles. The Hall–Kier alpha value is -1.10. The minimum atomic E-state index is -2.96. The molecule has 0 saturated carbocycles. The maximum Gasteiger partial charge on any atom is 0.292 e. The molecule has 1 aromatic heterocycles. The zero-order valence-corrected chi connectivity index (χ0v) is 6.37. The standard InChI is InChI=1S/C7H9F2N3/c8-7(9,1-2-10)6-5-11-3-4-12-6/h3-5H,1-2,10H2. The first-order valence-electron chi connectivity index (χ1n) is 3.51. The lowest BCUT2D eigenvalue weighted by Crippen LogP contribution is -2.20. The van der Waals surface area contributed by atoms with Gasteiger partial charge in [-0.3, -0.25) is 9.97 Å². The molecule has 12 heavy (non-hydrogen) atoms. The average Bonchev–Trinajstić information content (AvgIpc) is 2.06. The summed E-state index contributed by atoms with van der Waals surface area (Å²) in [5.41, 5.74) is 4.70. The fraction of sp³-hybridized carbons (Fsp3) is 0.429. The highest BCUT2D eigenvalue weighted by Gasteiger charge is 2.31. The van der Waals surface area contributed by atoms with Gasteiger partial charge in [0.1, 0.15) is 5.69 Å². The first kappa shape index (κ1) is 8.99. The Morgan fingerprint density at radius 2 is 2.17 bits per heavy atom. The van der Waals surface area contributed by atoms with E-state index in [2.05, 4.69) is 9.97 Å². The van der Waals surface area contributed by atoms with E-state index in [0.29, 0.717) is 0 Å². The number of alkyl halides is 2. The molecule has 0 radical (unpaired) electrons. The van der Waals surface area contributed by atoms with Gasteiger partial charge in [0.05, 0.1) is 6.20 Å². The van der Waals surface area contributed by atoms with Crippen LogP contribution in [0.4, 0.5) is 8.78 Å². The maximum atomic E-state index is 13.0. The van der Waals surface area contributed by atoms with E-state index in [1.54, 1.807) is 0 Å². The zero-order valence-electron chi connectivity index (χ0n) is 6.37. The van der Waals surface area contributed by atoms with Crippen LogP contribution < -0.4 is 5.73 Å². The Morgan fingerprint density at radius 1 is 1.42 bits per heavy atom. The number of hydrogen-bond donors (Lipinski definition) is 1. The predicted octanol–water partition coefficient (Wildman–Crippen LogP) is 0.917. The van der Waals surface area contributed by atoms with Crippen LogP contribution in [0.25, 0.3) is 0 Å². The number of rotatable bonds is 3. The quantitative estimate of drug-likeness (QED) is 0.739.